The molecular weight excluding hydrogens is 482 g/mol. The molecule has 1 amide bonds. The van der Waals surface area contributed by atoms with Crippen molar-refractivity contribution in [3.63, 3.8) is 0 Å². The van der Waals surface area contributed by atoms with E-state index in [0.717, 1.165) is 41.7 Å². The number of carbonyl (C=O) groups excluding carboxylic acids is 1. The van der Waals surface area contributed by atoms with Gasteiger partial charge in [0.1, 0.15) is 11.5 Å². The van der Waals surface area contributed by atoms with E-state index >= 15 is 0 Å². The lowest BCUT2D eigenvalue weighted by Crippen LogP contribution is -2.27. The topological polar surface area (TPSA) is 135 Å². The van der Waals surface area contributed by atoms with Gasteiger partial charge in [-0.3, -0.25) is 4.79 Å². The lowest BCUT2D eigenvalue weighted by Gasteiger charge is -2.16. The van der Waals surface area contributed by atoms with E-state index in [-0.39, 0.29) is 24.1 Å². The minimum atomic E-state index is -0.992. The Morgan fingerprint density at radius 2 is 1.95 bits per heavy atom. The largest absolute Gasteiger partial charge is 0.478 e. The summed E-state index contributed by atoms with van der Waals surface area (Å²) >= 11 is 0. The summed E-state index contributed by atoms with van der Waals surface area (Å²) in [5.74, 6) is -3.18. The number of anilines is 1. The Hall–Kier alpha value is -4.38. The van der Waals surface area contributed by atoms with E-state index in [1.807, 2.05) is 13.0 Å². The average Bonchev–Trinajstić information content (AvgIpc) is 3.45. The maximum atomic E-state index is 13.5. The first kappa shape index (κ1) is 24.3. The molecule has 0 radical (unpaired) electrons. The summed E-state index contributed by atoms with van der Waals surface area (Å²) in [6.45, 7) is 2.16. The van der Waals surface area contributed by atoms with Crippen molar-refractivity contribution in [2.75, 3.05) is 5.73 Å². The van der Waals surface area contributed by atoms with Crippen molar-refractivity contribution in [3.8, 4) is 0 Å². The minimum absolute atomic E-state index is 0.00945. The molecule has 0 unspecified atom stereocenters. The highest BCUT2D eigenvalue weighted by Gasteiger charge is 2.26. The highest BCUT2D eigenvalue weighted by molar-refractivity contribution is 5.93. The molecule has 5 N–H and O–H groups in total. The van der Waals surface area contributed by atoms with E-state index in [2.05, 4.69) is 20.7 Å². The summed E-state index contributed by atoms with van der Waals surface area (Å²) in [5.41, 5.74) is 10.6. The van der Waals surface area contributed by atoms with Gasteiger partial charge in [-0.2, -0.15) is 0 Å². The molecule has 0 bridgehead atoms. The summed E-state index contributed by atoms with van der Waals surface area (Å²) < 4.78 is 28.0. The van der Waals surface area contributed by atoms with E-state index in [9.17, 15) is 23.5 Å². The molecule has 2 heterocycles. The number of aromatic carboxylic acids is 1. The predicted molar refractivity (Wildman–Crippen MR) is 131 cm³/mol. The van der Waals surface area contributed by atoms with Crippen LogP contribution in [0.3, 0.4) is 0 Å². The summed E-state index contributed by atoms with van der Waals surface area (Å²) in [5, 5.41) is 19.7. The van der Waals surface area contributed by atoms with Crippen LogP contribution in [-0.2, 0) is 19.5 Å². The van der Waals surface area contributed by atoms with E-state index < -0.39 is 23.5 Å². The molecule has 1 aliphatic rings. The van der Waals surface area contributed by atoms with Crippen LogP contribution in [0.4, 0.5) is 14.6 Å². The van der Waals surface area contributed by atoms with Gasteiger partial charge >= 0.3 is 5.97 Å². The molecule has 0 fully saturated rings. The molecule has 190 valence electrons. The first-order valence-electron chi connectivity index (χ1n) is 11.7. The van der Waals surface area contributed by atoms with Crippen molar-refractivity contribution in [1.29, 1.82) is 0 Å². The first-order valence-corrected chi connectivity index (χ1v) is 11.7. The molecule has 0 spiro atoms. The zero-order valence-electron chi connectivity index (χ0n) is 19.9. The maximum absolute atomic E-state index is 13.5. The van der Waals surface area contributed by atoms with Crippen LogP contribution < -0.4 is 16.4 Å². The molecule has 37 heavy (non-hydrogen) atoms. The third-order valence-electron chi connectivity index (χ3n) is 6.62. The molecule has 11 heteroatoms. The van der Waals surface area contributed by atoms with Crippen molar-refractivity contribution in [3.05, 3.63) is 93.3 Å². The highest BCUT2D eigenvalue weighted by Crippen LogP contribution is 2.34. The number of nitrogens with one attached hydrogen (secondary N) is 2. The third kappa shape index (κ3) is 4.73. The normalized spacial score (nSPS) is 14.6. The summed E-state index contributed by atoms with van der Waals surface area (Å²) in [6.07, 6.45) is 1.58. The van der Waals surface area contributed by atoms with Gasteiger partial charge in [-0.1, -0.05) is 12.1 Å². The van der Waals surface area contributed by atoms with Gasteiger partial charge in [0.2, 0.25) is 0 Å². The second-order valence-electron chi connectivity index (χ2n) is 8.99. The number of benzene rings is 2. The number of nitrogens with zero attached hydrogens (tertiary/aromatic N) is 3. The fraction of sp³-hybridized carbons (Fsp3) is 0.231. The quantitative estimate of drug-likeness (QED) is 0.302. The molecular formula is C26H24F2N6O3. The monoisotopic (exact) mass is 506 g/mol. The fourth-order valence-corrected chi connectivity index (χ4v) is 4.77. The number of aromatic nitrogens is 3. The van der Waals surface area contributed by atoms with Crippen molar-refractivity contribution in [1.82, 2.24) is 25.2 Å². The van der Waals surface area contributed by atoms with Crippen LogP contribution in [0.15, 0.2) is 42.5 Å². The van der Waals surface area contributed by atoms with Gasteiger partial charge in [0.15, 0.2) is 17.3 Å². The average molecular weight is 507 g/mol. The zero-order chi connectivity index (χ0) is 26.3. The summed E-state index contributed by atoms with van der Waals surface area (Å²) in [7, 11) is 0. The molecule has 0 aliphatic heterocycles. The van der Waals surface area contributed by atoms with Crippen molar-refractivity contribution >= 4 is 23.3 Å². The number of nitrogen functional groups attached to an aromatic ring is 1. The van der Waals surface area contributed by atoms with Gasteiger partial charge in [0, 0.05) is 25.2 Å². The molecule has 1 aliphatic carbocycles. The van der Waals surface area contributed by atoms with Crippen molar-refractivity contribution < 1.29 is 23.5 Å². The summed E-state index contributed by atoms with van der Waals surface area (Å²) in [4.78, 5) is 29.0. The zero-order valence-corrected chi connectivity index (χ0v) is 19.9. The van der Waals surface area contributed by atoms with E-state index in [1.165, 1.54) is 10.6 Å². The van der Waals surface area contributed by atoms with Crippen LogP contribution in [0, 0.1) is 18.6 Å². The number of carbonyl (C=O) groups is 2. The molecule has 2 aromatic carbocycles. The number of rotatable bonds is 7. The number of hydrogen-bond acceptors (Lipinski definition) is 6. The van der Waals surface area contributed by atoms with Gasteiger partial charge in [-0.05, 0) is 66.3 Å². The lowest BCUT2D eigenvalue weighted by molar-refractivity contribution is 0.0695. The molecule has 0 saturated heterocycles. The van der Waals surface area contributed by atoms with E-state index in [1.54, 1.807) is 18.2 Å². The van der Waals surface area contributed by atoms with Crippen LogP contribution in [0.25, 0.3) is 5.65 Å². The number of halogens is 2. The Morgan fingerprint density at radius 3 is 2.70 bits per heavy atom. The Morgan fingerprint density at radius 1 is 1.14 bits per heavy atom. The number of carboxylic acid groups (broad SMARTS) is 1. The van der Waals surface area contributed by atoms with Crippen molar-refractivity contribution in [2.24, 2.45) is 0 Å². The van der Waals surface area contributed by atoms with Gasteiger partial charge in [0.25, 0.3) is 5.91 Å². The molecule has 4 aromatic rings. The SMILES string of the molecule is Cc1c(C(=O)O)ccc2c1CC[C@@H]2NCc1cc(C(=O)NCc2ccc(F)c(F)c2)n2nc(N)cc2n1. The number of amides is 1. The van der Waals surface area contributed by atoms with Gasteiger partial charge < -0.3 is 21.5 Å². The van der Waals surface area contributed by atoms with Crippen LogP contribution in [0.5, 0.6) is 0 Å². The lowest BCUT2D eigenvalue weighted by atomic mass is 9.98. The third-order valence-corrected chi connectivity index (χ3v) is 6.62. The minimum Gasteiger partial charge on any atom is -0.478 e. The van der Waals surface area contributed by atoms with Crippen LogP contribution in [-0.4, -0.2) is 31.6 Å². The predicted octanol–water partition coefficient (Wildman–Crippen LogP) is 3.30. The first-order chi connectivity index (χ1) is 17.7. The molecule has 0 saturated carbocycles. The second-order valence-corrected chi connectivity index (χ2v) is 8.99. The van der Waals surface area contributed by atoms with Gasteiger partial charge in [-0.15, -0.1) is 5.10 Å². The van der Waals surface area contributed by atoms with E-state index in [0.29, 0.717) is 29.0 Å². The Bertz CT molecular complexity index is 1550. The molecule has 9 nitrogen and oxygen atoms in total. The Kier molecular flexibility index (Phi) is 6.30. The Labute approximate surface area is 210 Å². The number of carboxylic acids is 1. The molecule has 1 atom stereocenters. The van der Waals surface area contributed by atoms with Crippen molar-refractivity contribution in [2.45, 2.75) is 38.9 Å². The Balaban J connectivity index is 1.35. The molecule has 5 rings (SSSR count). The standard InChI is InChI=1S/C26H24F2N6O3/c1-13-16-5-7-21(18(16)4-3-17(13)26(36)37)30-12-15-9-22(34-24(32-15)10-23(29)33-34)25(35)31-11-14-2-6-19(27)20(28)8-14/h2-4,6,8-10,21,30H,5,7,11-12H2,1H3,(H2,29,33)(H,31,35)(H,36,37)/t21-/m0/s1. The number of hydrogen-bond donors (Lipinski definition) is 4. The van der Waals surface area contributed by atoms with E-state index in [4.69, 9.17) is 5.73 Å². The fourth-order valence-electron chi connectivity index (χ4n) is 4.77. The van der Waals surface area contributed by atoms with Gasteiger partial charge in [0.05, 0.1) is 11.3 Å². The summed E-state index contributed by atoms with van der Waals surface area (Å²) in [6, 6.07) is 10.1. The second kappa shape index (κ2) is 9.58. The molecule has 2 aromatic heterocycles. The smallest absolute Gasteiger partial charge is 0.335 e. The number of nitrogens with two attached hydrogens (primary N) is 1. The number of fused-ring (bicyclic) bond motifs is 2. The van der Waals surface area contributed by atoms with Crippen LogP contribution in [0.2, 0.25) is 0 Å². The highest BCUT2D eigenvalue weighted by atomic mass is 19.2. The van der Waals surface area contributed by atoms with Crippen LogP contribution in [0.1, 0.15) is 61.3 Å². The maximum Gasteiger partial charge on any atom is 0.335 e. The van der Waals surface area contributed by atoms with Crippen LogP contribution >= 0.6 is 0 Å². The van der Waals surface area contributed by atoms with Gasteiger partial charge in [-0.25, -0.2) is 23.1 Å².